The van der Waals surface area contributed by atoms with E-state index >= 15 is 0 Å². The highest BCUT2D eigenvalue weighted by molar-refractivity contribution is 4.76. The van der Waals surface area contributed by atoms with Gasteiger partial charge in [-0.25, -0.2) is 0 Å². The maximum absolute atomic E-state index is 5.74. The highest BCUT2D eigenvalue weighted by Crippen LogP contribution is 2.21. The Labute approximate surface area is 100 Å². The van der Waals surface area contributed by atoms with Crippen molar-refractivity contribution < 1.29 is 4.74 Å². The molecule has 3 heteroatoms. The normalized spacial score (nSPS) is 28.3. The molecule has 0 spiro atoms. The summed E-state index contributed by atoms with van der Waals surface area (Å²) in [7, 11) is 0. The molecule has 2 unspecified atom stereocenters. The third-order valence-electron chi connectivity index (χ3n) is 3.59. The Morgan fingerprint density at radius 1 is 1.38 bits per heavy atom. The summed E-state index contributed by atoms with van der Waals surface area (Å²) in [5, 5.41) is 0. The molecule has 1 aliphatic heterocycles. The SMILES string of the molecule is CC1CN(CCCC(C)(C)CN)C(C)CO1. The summed E-state index contributed by atoms with van der Waals surface area (Å²) in [5.41, 5.74) is 6.03. The van der Waals surface area contributed by atoms with Crippen LogP contribution < -0.4 is 5.73 Å². The van der Waals surface area contributed by atoms with Crippen LogP contribution in [0, 0.1) is 5.41 Å². The predicted octanol–water partition coefficient (Wildman–Crippen LogP) is 1.86. The second kappa shape index (κ2) is 5.99. The van der Waals surface area contributed by atoms with Gasteiger partial charge in [0.25, 0.3) is 0 Å². The van der Waals surface area contributed by atoms with Gasteiger partial charge in [-0.3, -0.25) is 4.90 Å². The molecule has 2 atom stereocenters. The largest absolute Gasteiger partial charge is 0.376 e. The molecule has 3 nitrogen and oxygen atoms in total. The molecular formula is C13H28N2O. The van der Waals surface area contributed by atoms with Crippen molar-refractivity contribution >= 4 is 0 Å². The molecule has 1 fully saturated rings. The maximum Gasteiger partial charge on any atom is 0.0674 e. The van der Waals surface area contributed by atoms with E-state index in [0.717, 1.165) is 19.7 Å². The number of nitrogens with zero attached hydrogens (tertiary/aromatic N) is 1. The van der Waals surface area contributed by atoms with Crippen LogP contribution in [0.4, 0.5) is 0 Å². The molecule has 0 aromatic rings. The molecule has 1 aliphatic rings. The lowest BCUT2D eigenvalue weighted by Crippen LogP contribution is -2.47. The van der Waals surface area contributed by atoms with Crippen LogP contribution in [0.1, 0.15) is 40.5 Å². The highest BCUT2D eigenvalue weighted by Gasteiger charge is 2.23. The van der Waals surface area contributed by atoms with E-state index in [1.165, 1.54) is 19.4 Å². The number of hydrogen-bond donors (Lipinski definition) is 1. The van der Waals surface area contributed by atoms with Crippen molar-refractivity contribution in [3.05, 3.63) is 0 Å². The summed E-state index contributed by atoms with van der Waals surface area (Å²) in [6.45, 7) is 12.8. The molecule has 96 valence electrons. The summed E-state index contributed by atoms with van der Waals surface area (Å²) >= 11 is 0. The zero-order valence-corrected chi connectivity index (χ0v) is 11.3. The number of rotatable bonds is 5. The van der Waals surface area contributed by atoms with Crippen molar-refractivity contribution in [2.75, 3.05) is 26.2 Å². The lowest BCUT2D eigenvalue weighted by atomic mass is 9.88. The minimum Gasteiger partial charge on any atom is -0.376 e. The van der Waals surface area contributed by atoms with E-state index in [1.807, 2.05) is 0 Å². The second-order valence-electron chi connectivity index (χ2n) is 5.96. The first kappa shape index (κ1) is 13.9. The standard InChI is InChI=1S/C13H28N2O/c1-11-9-16-12(2)8-15(11)7-5-6-13(3,4)10-14/h11-12H,5-10,14H2,1-4H3. The zero-order valence-electron chi connectivity index (χ0n) is 11.3. The third kappa shape index (κ3) is 4.40. The van der Waals surface area contributed by atoms with E-state index in [4.69, 9.17) is 10.5 Å². The number of morpholine rings is 1. The molecule has 1 heterocycles. The van der Waals surface area contributed by atoms with Crippen molar-refractivity contribution in [1.29, 1.82) is 0 Å². The molecule has 1 saturated heterocycles. The molecule has 0 radical (unpaired) electrons. The van der Waals surface area contributed by atoms with Gasteiger partial charge in [-0.15, -0.1) is 0 Å². The van der Waals surface area contributed by atoms with Gasteiger partial charge in [-0.1, -0.05) is 13.8 Å². The Hall–Kier alpha value is -0.120. The van der Waals surface area contributed by atoms with Crippen molar-refractivity contribution in [3.8, 4) is 0 Å². The number of hydrogen-bond acceptors (Lipinski definition) is 3. The summed E-state index contributed by atoms with van der Waals surface area (Å²) in [6.07, 6.45) is 2.84. The monoisotopic (exact) mass is 228 g/mol. The van der Waals surface area contributed by atoms with Crippen LogP contribution in [-0.2, 0) is 4.74 Å². The zero-order chi connectivity index (χ0) is 12.2. The smallest absolute Gasteiger partial charge is 0.0674 e. The maximum atomic E-state index is 5.74. The van der Waals surface area contributed by atoms with Gasteiger partial charge < -0.3 is 10.5 Å². The van der Waals surface area contributed by atoms with Gasteiger partial charge in [0.2, 0.25) is 0 Å². The predicted molar refractivity (Wildman–Crippen MR) is 68.5 cm³/mol. The molecule has 0 aromatic heterocycles. The quantitative estimate of drug-likeness (QED) is 0.780. The lowest BCUT2D eigenvalue weighted by Gasteiger charge is -2.37. The van der Waals surface area contributed by atoms with Crippen molar-refractivity contribution in [1.82, 2.24) is 4.90 Å². The van der Waals surface area contributed by atoms with Gasteiger partial charge in [0, 0.05) is 12.6 Å². The van der Waals surface area contributed by atoms with Crippen LogP contribution in [0.25, 0.3) is 0 Å². The summed E-state index contributed by atoms with van der Waals surface area (Å²) < 4.78 is 5.63. The molecule has 16 heavy (non-hydrogen) atoms. The van der Waals surface area contributed by atoms with Crippen molar-refractivity contribution in [2.24, 2.45) is 11.1 Å². The van der Waals surface area contributed by atoms with E-state index < -0.39 is 0 Å². The molecule has 0 bridgehead atoms. The first-order chi connectivity index (χ1) is 7.44. The summed E-state index contributed by atoms with van der Waals surface area (Å²) in [4.78, 5) is 2.54. The van der Waals surface area contributed by atoms with Gasteiger partial charge in [-0.05, 0) is 45.2 Å². The second-order valence-corrected chi connectivity index (χ2v) is 5.96. The first-order valence-electron chi connectivity index (χ1n) is 6.50. The summed E-state index contributed by atoms with van der Waals surface area (Å²) in [6, 6.07) is 0.567. The van der Waals surface area contributed by atoms with E-state index in [0.29, 0.717) is 17.6 Å². The molecule has 0 aliphatic carbocycles. The Morgan fingerprint density at radius 3 is 2.69 bits per heavy atom. The lowest BCUT2D eigenvalue weighted by molar-refractivity contribution is -0.0502. The first-order valence-corrected chi connectivity index (χ1v) is 6.50. The Morgan fingerprint density at radius 2 is 2.06 bits per heavy atom. The summed E-state index contributed by atoms with van der Waals surface area (Å²) in [5.74, 6) is 0. The van der Waals surface area contributed by atoms with Crippen LogP contribution in [0.15, 0.2) is 0 Å². The van der Waals surface area contributed by atoms with E-state index in [-0.39, 0.29) is 0 Å². The van der Waals surface area contributed by atoms with E-state index in [9.17, 15) is 0 Å². The third-order valence-corrected chi connectivity index (χ3v) is 3.59. The average molecular weight is 228 g/mol. The fourth-order valence-electron chi connectivity index (χ4n) is 2.15. The van der Waals surface area contributed by atoms with E-state index in [1.54, 1.807) is 0 Å². The van der Waals surface area contributed by atoms with Crippen LogP contribution >= 0.6 is 0 Å². The van der Waals surface area contributed by atoms with Crippen LogP contribution in [0.2, 0.25) is 0 Å². The Kier molecular flexibility index (Phi) is 5.22. The fraction of sp³-hybridized carbons (Fsp3) is 1.00. The molecule has 0 amide bonds. The minimum atomic E-state index is 0.293. The Balaban J connectivity index is 2.26. The van der Waals surface area contributed by atoms with E-state index in [2.05, 4.69) is 32.6 Å². The average Bonchev–Trinajstić information content (AvgIpc) is 2.23. The molecule has 2 N–H and O–H groups in total. The molecular weight excluding hydrogens is 200 g/mol. The van der Waals surface area contributed by atoms with Gasteiger partial charge in [0.05, 0.1) is 12.7 Å². The molecule has 0 saturated carbocycles. The van der Waals surface area contributed by atoms with Gasteiger partial charge in [-0.2, -0.15) is 0 Å². The van der Waals surface area contributed by atoms with Crippen LogP contribution in [0.3, 0.4) is 0 Å². The van der Waals surface area contributed by atoms with Gasteiger partial charge in [0.1, 0.15) is 0 Å². The topological polar surface area (TPSA) is 38.5 Å². The minimum absolute atomic E-state index is 0.293. The highest BCUT2D eigenvalue weighted by atomic mass is 16.5. The van der Waals surface area contributed by atoms with Gasteiger partial charge in [0.15, 0.2) is 0 Å². The number of nitrogens with two attached hydrogens (primary N) is 1. The van der Waals surface area contributed by atoms with Gasteiger partial charge >= 0.3 is 0 Å². The Bertz CT molecular complexity index is 206. The van der Waals surface area contributed by atoms with Crippen LogP contribution in [-0.4, -0.2) is 43.3 Å². The van der Waals surface area contributed by atoms with Crippen molar-refractivity contribution in [3.63, 3.8) is 0 Å². The van der Waals surface area contributed by atoms with Crippen LogP contribution in [0.5, 0.6) is 0 Å². The molecule has 0 aromatic carbocycles. The van der Waals surface area contributed by atoms with Crippen molar-refractivity contribution in [2.45, 2.75) is 52.7 Å². The fourth-order valence-corrected chi connectivity index (χ4v) is 2.15. The number of ether oxygens (including phenoxy) is 1. The molecule has 1 rings (SSSR count).